The van der Waals surface area contributed by atoms with E-state index in [1.165, 1.54) is 17.5 Å². The highest BCUT2D eigenvalue weighted by Gasteiger charge is 2.20. The number of nitrogens with two attached hydrogens (primary N) is 1. The molecule has 0 aromatic heterocycles. The molecule has 0 aliphatic heterocycles. The predicted octanol–water partition coefficient (Wildman–Crippen LogP) is 3.04. The van der Waals surface area contributed by atoms with Crippen molar-refractivity contribution in [3.05, 3.63) is 58.7 Å². The third kappa shape index (κ3) is 2.68. The second-order valence-electron chi connectivity index (χ2n) is 5.69. The second kappa shape index (κ2) is 5.19. The van der Waals surface area contributed by atoms with E-state index in [1.807, 2.05) is 12.1 Å². The van der Waals surface area contributed by atoms with Crippen molar-refractivity contribution in [2.45, 2.75) is 36.8 Å². The van der Waals surface area contributed by atoms with E-state index in [2.05, 4.69) is 6.07 Å². The van der Waals surface area contributed by atoms with Crippen LogP contribution in [0, 0.1) is 6.92 Å². The highest BCUT2D eigenvalue weighted by molar-refractivity contribution is 7.90. The van der Waals surface area contributed by atoms with Crippen molar-refractivity contribution in [3.63, 3.8) is 0 Å². The zero-order valence-electron chi connectivity index (χ0n) is 12.1. The molecule has 21 heavy (non-hydrogen) atoms. The molecule has 0 radical (unpaired) electrons. The summed E-state index contributed by atoms with van der Waals surface area (Å²) in [5.41, 5.74) is 10.5. The Morgan fingerprint density at radius 2 is 1.86 bits per heavy atom. The van der Waals surface area contributed by atoms with Crippen LogP contribution >= 0.6 is 0 Å². The van der Waals surface area contributed by atoms with Gasteiger partial charge in [0.15, 0.2) is 9.84 Å². The lowest BCUT2D eigenvalue weighted by Gasteiger charge is -2.10. The third-order valence-corrected chi connectivity index (χ3v) is 6.01. The molecule has 0 saturated heterocycles. The summed E-state index contributed by atoms with van der Waals surface area (Å²) in [5.74, 6) is 0.0323. The molecule has 0 amide bonds. The normalized spacial score (nSPS) is 14.1. The average molecular weight is 301 g/mol. The van der Waals surface area contributed by atoms with Crippen LogP contribution in [0.15, 0.2) is 41.3 Å². The monoisotopic (exact) mass is 301 g/mol. The van der Waals surface area contributed by atoms with Crippen LogP contribution in [0.25, 0.3) is 0 Å². The van der Waals surface area contributed by atoms with Gasteiger partial charge < -0.3 is 5.73 Å². The minimum atomic E-state index is -3.36. The van der Waals surface area contributed by atoms with Gasteiger partial charge >= 0.3 is 0 Å². The molecule has 0 spiro atoms. The zero-order valence-corrected chi connectivity index (χ0v) is 12.9. The molecule has 1 aliphatic carbocycles. The highest BCUT2D eigenvalue weighted by Crippen LogP contribution is 2.27. The van der Waals surface area contributed by atoms with Gasteiger partial charge in [0, 0.05) is 5.69 Å². The fourth-order valence-corrected chi connectivity index (χ4v) is 4.62. The van der Waals surface area contributed by atoms with Gasteiger partial charge in [0.05, 0.1) is 10.6 Å². The van der Waals surface area contributed by atoms with Crippen molar-refractivity contribution in [1.29, 1.82) is 0 Å². The second-order valence-corrected chi connectivity index (χ2v) is 7.64. The first kappa shape index (κ1) is 14.1. The summed E-state index contributed by atoms with van der Waals surface area (Å²) < 4.78 is 25.2. The van der Waals surface area contributed by atoms with Crippen LogP contribution in [0.2, 0.25) is 0 Å². The summed E-state index contributed by atoms with van der Waals surface area (Å²) in [5, 5.41) is 0. The number of hydrogen-bond acceptors (Lipinski definition) is 3. The number of nitrogen functional groups attached to an aromatic ring is 1. The molecule has 0 fully saturated rings. The van der Waals surface area contributed by atoms with Crippen LogP contribution in [0.4, 0.5) is 5.69 Å². The van der Waals surface area contributed by atoms with Crippen molar-refractivity contribution in [3.8, 4) is 0 Å². The van der Waals surface area contributed by atoms with E-state index < -0.39 is 9.84 Å². The molecule has 4 heteroatoms. The van der Waals surface area contributed by atoms with Crippen LogP contribution in [0.3, 0.4) is 0 Å². The Morgan fingerprint density at radius 3 is 2.67 bits per heavy atom. The number of sulfone groups is 1. The van der Waals surface area contributed by atoms with Gasteiger partial charge in [-0.15, -0.1) is 0 Å². The molecule has 0 atom stereocenters. The van der Waals surface area contributed by atoms with E-state index in [-0.39, 0.29) is 5.75 Å². The molecule has 0 bridgehead atoms. The fourth-order valence-electron chi connectivity index (χ4n) is 2.98. The fraction of sp³-hybridized carbons (Fsp3) is 0.294. The van der Waals surface area contributed by atoms with Crippen molar-refractivity contribution in [2.24, 2.45) is 0 Å². The maximum absolute atomic E-state index is 12.6. The summed E-state index contributed by atoms with van der Waals surface area (Å²) in [7, 11) is -3.36. The molecule has 3 rings (SSSR count). The Hall–Kier alpha value is -1.81. The van der Waals surface area contributed by atoms with Gasteiger partial charge in [-0.3, -0.25) is 0 Å². The number of rotatable bonds is 3. The van der Waals surface area contributed by atoms with Gasteiger partial charge in [-0.05, 0) is 60.6 Å². The van der Waals surface area contributed by atoms with Gasteiger partial charge in [-0.25, -0.2) is 8.42 Å². The molecule has 0 saturated carbocycles. The Balaban J connectivity index is 1.95. The van der Waals surface area contributed by atoms with Gasteiger partial charge in [0.1, 0.15) is 0 Å². The maximum Gasteiger partial charge on any atom is 0.182 e. The SMILES string of the molecule is Cc1c(N)cccc1S(=O)(=O)Cc1ccc2c(c1)CCC2. The first-order valence-corrected chi connectivity index (χ1v) is 8.81. The molecular formula is C17H19NO2S. The molecule has 2 aromatic carbocycles. The molecular weight excluding hydrogens is 282 g/mol. The Labute approximate surface area is 125 Å². The number of benzene rings is 2. The van der Waals surface area contributed by atoms with Crippen LogP contribution < -0.4 is 5.73 Å². The van der Waals surface area contributed by atoms with Crippen molar-refractivity contribution < 1.29 is 8.42 Å². The lowest BCUT2D eigenvalue weighted by molar-refractivity contribution is 0.594. The van der Waals surface area contributed by atoms with Gasteiger partial charge in [-0.1, -0.05) is 24.3 Å². The Bertz CT molecular complexity index is 794. The molecule has 2 aromatic rings. The van der Waals surface area contributed by atoms with Crippen molar-refractivity contribution in [1.82, 2.24) is 0 Å². The summed E-state index contributed by atoms with van der Waals surface area (Å²) in [6.07, 6.45) is 3.33. The lowest BCUT2D eigenvalue weighted by atomic mass is 10.1. The summed E-state index contributed by atoms with van der Waals surface area (Å²) in [4.78, 5) is 0.336. The molecule has 0 heterocycles. The first-order chi connectivity index (χ1) is 9.97. The summed E-state index contributed by atoms with van der Waals surface area (Å²) >= 11 is 0. The highest BCUT2D eigenvalue weighted by atomic mass is 32.2. The van der Waals surface area contributed by atoms with Crippen LogP contribution in [0.1, 0.15) is 28.7 Å². The Morgan fingerprint density at radius 1 is 1.10 bits per heavy atom. The smallest absolute Gasteiger partial charge is 0.182 e. The average Bonchev–Trinajstić information content (AvgIpc) is 2.88. The quantitative estimate of drug-likeness (QED) is 0.886. The third-order valence-electron chi connectivity index (χ3n) is 4.18. The molecule has 1 aliphatic rings. The van der Waals surface area contributed by atoms with E-state index in [0.29, 0.717) is 16.1 Å². The summed E-state index contributed by atoms with van der Waals surface area (Å²) in [6, 6.07) is 11.1. The van der Waals surface area contributed by atoms with Crippen LogP contribution in [0.5, 0.6) is 0 Å². The van der Waals surface area contributed by atoms with Gasteiger partial charge in [0.2, 0.25) is 0 Å². The van der Waals surface area contributed by atoms with E-state index in [1.54, 1.807) is 25.1 Å². The minimum absolute atomic E-state index is 0.0323. The largest absolute Gasteiger partial charge is 0.398 e. The standard InChI is InChI=1S/C17H19NO2S/c1-12-16(18)6-3-7-17(12)21(19,20)11-13-8-9-14-4-2-5-15(14)10-13/h3,6-10H,2,4-5,11,18H2,1H3. The first-order valence-electron chi connectivity index (χ1n) is 7.16. The summed E-state index contributed by atoms with van der Waals surface area (Å²) in [6.45, 7) is 1.75. The zero-order chi connectivity index (χ0) is 15.0. The maximum atomic E-state index is 12.6. The van der Waals surface area contributed by atoms with E-state index >= 15 is 0 Å². The molecule has 110 valence electrons. The molecule has 3 nitrogen and oxygen atoms in total. The van der Waals surface area contributed by atoms with Gasteiger partial charge in [-0.2, -0.15) is 0 Å². The van der Waals surface area contributed by atoms with Crippen molar-refractivity contribution >= 4 is 15.5 Å². The predicted molar refractivity (Wildman–Crippen MR) is 84.9 cm³/mol. The van der Waals surface area contributed by atoms with Crippen LogP contribution in [-0.4, -0.2) is 8.42 Å². The number of anilines is 1. The minimum Gasteiger partial charge on any atom is -0.398 e. The molecule has 2 N–H and O–H groups in total. The van der Waals surface area contributed by atoms with Crippen LogP contribution in [-0.2, 0) is 28.4 Å². The van der Waals surface area contributed by atoms with E-state index in [4.69, 9.17) is 5.73 Å². The van der Waals surface area contributed by atoms with Gasteiger partial charge in [0.25, 0.3) is 0 Å². The molecule has 0 unspecified atom stereocenters. The number of fused-ring (bicyclic) bond motifs is 1. The van der Waals surface area contributed by atoms with Crippen molar-refractivity contribution in [2.75, 3.05) is 5.73 Å². The number of hydrogen-bond donors (Lipinski definition) is 1. The topological polar surface area (TPSA) is 60.2 Å². The number of aryl methyl sites for hydroxylation is 2. The van der Waals surface area contributed by atoms with E-state index in [0.717, 1.165) is 18.4 Å². The van der Waals surface area contributed by atoms with E-state index in [9.17, 15) is 8.42 Å². The Kier molecular flexibility index (Phi) is 3.49. The lowest BCUT2D eigenvalue weighted by Crippen LogP contribution is -2.08.